The van der Waals surface area contributed by atoms with E-state index in [0.717, 1.165) is 38.5 Å². The van der Waals surface area contributed by atoms with E-state index in [1.54, 1.807) is 0 Å². The lowest BCUT2D eigenvalue weighted by Crippen LogP contribution is -2.63. The van der Waals surface area contributed by atoms with Crippen LogP contribution in [0.25, 0.3) is 0 Å². The standard InChI is InChI=1S/C33H48O8/c1-18(34)38-21-15-23-28(4,5)24(40-20(3)36)9-12-32(23)17-33(32)14-13-29(6)26(31(8)11-10-25(37)41-31)22(39-19(2)35)16-30(29,7)27(21)33/h21-24,26-27H,9-17H2,1-8H3/t21-,22-,23-,24-,26-,27-,29+,30-,31+,32+,33-/m0/s1. The van der Waals surface area contributed by atoms with Crippen LogP contribution in [0.2, 0.25) is 0 Å². The molecule has 1 heterocycles. The summed E-state index contributed by atoms with van der Waals surface area (Å²) in [5.74, 6) is -0.816. The molecule has 8 nitrogen and oxygen atoms in total. The van der Waals surface area contributed by atoms with Gasteiger partial charge in [-0.25, -0.2) is 0 Å². The number of esters is 4. The molecule has 0 amide bonds. The Bertz CT molecular complexity index is 1190. The van der Waals surface area contributed by atoms with Gasteiger partial charge in [0.25, 0.3) is 0 Å². The van der Waals surface area contributed by atoms with Crippen molar-refractivity contribution in [3.8, 4) is 0 Å². The Morgan fingerprint density at radius 1 is 0.756 bits per heavy atom. The van der Waals surface area contributed by atoms with Crippen LogP contribution in [-0.4, -0.2) is 47.8 Å². The third-order valence-electron chi connectivity index (χ3n) is 13.7. The molecule has 5 aliphatic carbocycles. The van der Waals surface area contributed by atoms with Gasteiger partial charge in [-0.1, -0.05) is 27.7 Å². The molecule has 1 aliphatic heterocycles. The molecule has 0 bridgehead atoms. The fourth-order valence-electron chi connectivity index (χ4n) is 12.4. The highest BCUT2D eigenvalue weighted by Crippen LogP contribution is 2.89. The van der Waals surface area contributed by atoms with E-state index in [9.17, 15) is 19.2 Å². The van der Waals surface area contributed by atoms with Gasteiger partial charge >= 0.3 is 23.9 Å². The van der Waals surface area contributed by atoms with Crippen molar-refractivity contribution in [1.29, 1.82) is 0 Å². The average Bonchev–Trinajstić information content (AvgIpc) is 3.25. The summed E-state index contributed by atoms with van der Waals surface area (Å²) in [5, 5.41) is 0. The number of carbonyl (C=O) groups excluding carboxylic acids is 4. The second-order valence-electron chi connectivity index (χ2n) is 15.8. The van der Waals surface area contributed by atoms with Crippen LogP contribution in [0, 0.1) is 44.8 Å². The summed E-state index contributed by atoms with van der Waals surface area (Å²) in [6.07, 6.45) is 6.42. The van der Waals surface area contributed by atoms with Crippen LogP contribution < -0.4 is 0 Å². The van der Waals surface area contributed by atoms with Gasteiger partial charge in [0.1, 0.15) is 23.9 Å². The van der Waals surface area contributed by atoms with E-state index in [1.165, 1.54) is 20.8 Å². The van der Waals surface area contributed by atoms with Crippen molar-refractivity contribution in [3.05, 3.63) is 0 Å². The Morgan fingerprint density at radius 3 is 1.98 bits per heavy atom. The Hall–Kier alpha value is -2.12. The molecule has 228 valence electrons. The van der Waals surface area contributed by atoms with Crippen LogP contribution in [0.15, 0.2) is 0 Å². The van der Waals surface area contributed by atoms with Crippen molar-refractivity contribution < 1.29 is 38.1 Å². The monoisotopic (exact) mass is 572 g/mol. The molecule has 0 aromatic rings. The molecule has 6 aliphatic rings. The number of ether oxygens (including phenoxy) is 4. The van der Waals surface area contributed by atoms with Crippen LogP contribution in [-0.2, 0) is 38.1 Å². The predicted octanol–water partition coefficient (Wildman–Crippen LogP) is 5.54. The average molecular weight is 573 g/mol. The summed E-state index contributed by atoms with van der Waals surface area (Å²) >= 11 is 0. The maximum Gasteiger partial charge on any atom is 0.306 e. The van der Waals surface area contributed by atoms with Gasteiger partial charge < -0.3 is 18.9 Å². The molecule has 1 saturated heterocycles. The summed E-state index contributed by atoms with van der Waals surface area (Å²) in [6.45, 7) is 15.6. The van der Waals surface area contributed by atoms with Gasteiger partial charge in [-0.3, -0.25) is 19.2 Å². The Balaban J connectivity index is 1.45. The molecule has 2 spiro atoms. The van der Waals surface area contributed by atoms with Gasteiger partial charge in [-0.2, -0.15) is 0 Å². The Kier molecular flexibility index (Phi) is 6.16. The minimum Gasteiger partial charge on any atom is -0.462 e. The van der Waals surface area contributed by atoms with Crippen LogP contribution in [0.1, 0.15) is 113 Å². The largest absolute Gasteiger partial charge is 0.462 e. The molecule has 0 N–H and O–H groups in total. The van der Waals surface area contributed by atoms with E-state index in [1.807, 2.05) is 6.92 Å². The highest BCUT2D eigenvalue weighted by atomic mass is 16.6. The Labute approximate surface area is 243 Å². The van der Waals surface area contributed by atoms with Gasteiger partial charge in [0.2, 0.25) is 0 Å². The van der Waals surface area contributed by atoms with Crippen LogP contribution in [0.3, 0.4) is 0 Å². The molecule has 0 aromatic heterocycles. The number of carbonyl (C=O) groups is 4. The zero-order valence-electron chi connectivity index (χ0n) is 26.1. The molecule has 11 atom stereocenters. The molecule has 5 saturated carbocycles. The number of hydrogen-bond donors (Lipinski definition) is 0. The first-order chi connectivity index (χ1) is 19.0. The molecule has 0 aromatic carbocycles. The lowest BCUT2D eigenvalue weighted by Gasteiger charge is -2.64. The second-order valence-corrected chi connectivity index (χ2v) is 15.8. The maximum absolute atomic E-state index is 12.7. The van der Waals surface area contributed by atoms with Crippen LogP contribution in [0.5, 0.6) is 0 Å². The van der Waals surface area contributed by atoms with E-state index in [2.05, 4.69) is 27.7 Å². The number of rotatable bonds is 4. The molecule has 6 rings (SSSR count). The summed E-state index contributed by atoms with van der Waals surface area (Å²) in [5.41, 5.74) is -1.44. The summed E-state index contributed by atoms with van der Waals surface area (Å²) < 4.78 is 24.4. The van der Waals surface area contributed by atoms with Crippen molar-refractivity contribution in [1.82, 2.24) is 0 Å². The lowest BCUT2D eigenvalue weighted by molar-refractivity contribution is -0.223. The molecular formula is C33H48O8. The van der Waals surface area contributed by atoms with Gasteiger partial charge in [0, 0.05) is 44.4 Å². The summed E-state index contributed by atoms with van der Waals surface area (Å²) in [7, 11) is 0. The SMILES string of the molecule is CC(=O)O[C@H]1C[C@H]2C(C)(C)[C@@H](OC(C)=O)CC[C@@]23C[C@]32CC[C@]3(C)[C@@H]([C@@]4(C)CCC(=O)O4)[C@@H](OC(C)=O)C[C@@]3(C)[C@H]12. The topological polar surface area (TPSA) is 105 Å². The van der Waals surface area contributed by atoms with Crippen molar-refractivity contribution in [2.24, 2.45) is 44.8 Å². The lowest BCUT2D eigenvalue weighted by atomic mass is 9.41. The zero-order valence-corrected chi connectivity index (χ0v) is 26.1. The summed E-state index contributed by atoms with van der Waals surface area (Å²) in [4.78, 5) is 49.6. The molecule has 8 heteroatoms. The normalized spacial score (nSPS) is 50.8. The smallest absolute Gasteiger partial charge is 0.306 e. The first-order valence-corrected chi connectivity index (χ1v) is 15.7. The van der Waals surface area contributed by atoms with E-state index >= 15 is 0 Å². The maximum atomic E-state index is 12.7. The molecular weight excluding hydrogens is 524 g/mol. The third kappa shape index (κ3) is 3.70. The Morgan fingerprint density at radius 2 is 1.39 bits per heavy atom. The highest BCUT2D eigenvalue weighted by Gasteiger charge is 2.86. The van der Waals surface area contributed by atoms with E-state index in [0.29, 0.717) is 19.3 Å². The van der Waals surface area contributed by atoms with E-state index < -0.39 is 5.60 Å². The molecule has 6 fully saturated rings. The van der Waals surface area contributed by atoms with Crippen molar-refractivity contribution in [3.63, 3.8) is 0 Å². The van der Waals surface area contributed by atoms with Crippen molar-refractivity contribution in [2.75, 3.05) is 0 Å². The second kappa shape index (κ2) is 8.72. The minimum atomic E-state index is -0.715. The first-order valence-electron chi connectivity index (χ1n) is 15.7. The first kappa shape index (κ1) is 29.0. The van der Waals surface area contributed by atoms with Gasteiger partial charge in [0.05, 0.1) is 0 Å². The fraction of sp³-hybridized carbons (Fsp3) is 0.879. The quantitative estimate of drug-likeness (QED) is 0.320. The van der Waals surface area contributed by atoms with E-state index in [-0.39, 0.29) is 87.0 Å². The molecule has 0 radical (unpaired) electrons. The highest BCUT2D eigenvalue weighted by molar-refractivity contribution is 5.72. The van der Waals surface area contributed by atoms with Crippen molar-refractivity contribution >= 4 is 23.9 Å². The number of hydrogen-bond acceptors (Lipinski definition) is 8. The van der Waals surface area contributed by atoms with Crippen LogP contribution in [0.4, 0.5) is 0 Å². The van der Waals surface area contributed by atoms with Gasteiger partial charge in [-0.05, 0) is 85.9 Å². The van der Waals surface area contributed by atoms with Crippen LogP contribution >= 0.6 is 0 Å². The van der Waals surface area contributed by atoms with Gasteiger partial charge in [0.15, 0.2) is 0 Å². The zero-order chi connectivity index (χ0) is 30.0. The fourth-order valence-corrected chi connectivity index (χ4v) is 12.4. The van der Waals surface area contributed by atoms with E-state index in [4.69, 9.17) is 18.9 Å². The summed E-state index contributed by atoms with van der Waals surface area (Å²) in [6, 6.07) is 0. The van der Waals surface area contributed by atoms with Gasteiger partial charge in [-0.15, -0.1) is 0 Å². The molecule has 0 unspecified atom stereocenters. The number of cyclic esters (lactones) is 1. The molecule has 41 heavy (non-hydrogen) atoms. The minimum absolute atomic E-state index is 0.00563. The number of fused-ring (bicyclic) bond motifs is 2. The van der Waals surface area contributed by atoms with Crippen molar-refractivity contribution in [2.45, 2.75) is 137 Å². The predicted molar refractivity (Wildman–Crippen MR) is 148 cm³/mol. The third-order valence-corrected chi connectivity index (χ3v) is 13.7.